The molecule has 1 aliphatic heterocycles. The average Bonchev–Trinajstić information content (AvgIpc) is 2.99. The highest BCUT2D eigenvalue weighted by Crippen LogP contribution is 2.45. The first kappa shape index (κ1) is 17.4. The van der Waals surface area contributed by atoms with Crippen LogP contribution in [0.3, 0.4) is 0 Å². The first-order valence-electron chi connectivity index (χ1n) is 8.58. The fourth-order valence-electron chi connectivity index (χ4n) is 3.45. The Morgan fingerprint density at radius 3 is 2.59 bits per heavy atom. The van der Waals surface area contributed by atoms with Crippen molar-refractivity contribution in [3.8, 4) is 0 Å². The van der Waals surface area contributed by atoms with Crippen molar-refractivity contribution in [2.24, 2.45) is 0 Å². The minimum atomic E-state index is -0.399. The molecule has 2 aromatic carbocycles. The van der Waals surface area contributed by atoms with Crippen molar-refractivity contribution in [2.45, 2.75) is 19.3 Å². The quantitative estimate of drug-likeness (QED) is 0.677. The number of halogens is 1. The molecule has 1 atom stereocenters. The van der Waals surface area contributed by atoms with Crippen molar-refractivity contribution in [2.75, 3.05) is 10.6 Å². The van der Waals surface area contributed by atoms with Crippen LogP contribution >= 0.6 is 11.3 Å². The minimum Gasteiger partial charge on any atom is -0.321 e. The lowest BCUT2D eigenvalue weighted by Crippen LogP contribution is -2.23. The Morgan fingerprint density at radius 1 is 1.15 bits per heavy atom. The van der Waals surface area contributed by atoms with Crippen molar-refractivity contribution in [3.63, 3.8) is 0 Å². The van der Waals surface area contributed by atoms with Gasteiger partial charge in [-0.25, -0.2) is 4.39 Å². The molecule has 6 heteroatoms. The smallest absolute Gasteiger partial charge is 0.266 e. The average molecular weight is 380 g/mol. The second-order valence-corrected chi connectivity index (χ2v) is 7.47. The number of hydrogen-bond acceptors (Lipinski definition) is 3. The van der Waals surface area contributed by atoms with Crippen LogP contribution in [0.1, 0.15) is 38.7 Å². The Balaban J connectivity index is 1.74. The van der Waals surface area contributed by atoms with Crippen molar-refractivity contribution < 1.29 is 14.0 Å². The second kappa shape index (κ2) is 6.96. The van der Waals surface area contributed by atoms with Gasteiger partial charge in [0, 0.05) is 18.0 Å². The lowest BCUT2D eigenvalue weighted by molar-refractivity contribution is -0.116. The van der Waals surface area contributed by atoms with E-state index < -0.39 is 5.92 Å². The summed E-state index contributed by atoms with van der Waals surface area (Å²) in [6, 6.07) is 15.7. The Bertz CT molecular complexity index is 1030. The molecule has 2 heterocycles. The molecule has 2 amide bonds. The molecule has 0 spiro atoms. The summed E-state index contributed by atoms with van der Waals surface area (Å²) >= 11 is 1.23. The van der Waals surface area contributed by atoms with E-state index in [-0.39, 0.29) is 24.1 Å². The molecular formula is C21H17FN2O2S. The third kappa shape index (κ3) is 3.24. The zero-order chi connectivity index (χ0) is 19.0. The number of nitrogens with one attached hydrogen (secondary N) is 2. The van der Waals surface area contributed by atoms with Crippen LogP contribution in [0.5, 0.6) is 0 Å². The van der Waals surface area contributed by atoms with Gasteiger partial charge >= 0.3 is 0 Å². The molecule has 0 saturated carbocycles. The molecule has 4 rings (SSSR count). The number of thiophene rings is 1. The third-order valence-electron chi connectivity index (χ3n) is 4.70. The highest BCUT2D eigenvalue weighted by atomic mass is 32.1. The standard InChI is InChI=1S/C21H17FN2O2S/c1-12-18-15(14-9-5-6-10-16(14)22)11-17(25)24-21(18)27-19(12)20(26)23-13-7-3-2-4-8-13/h2-10,15H,11H2,1H3,(H,23,26)(H,24,25)/t15-/m0/s1. The fourth-order valence-corrected chi connectivity index (χ4v) is 4.63. The van der Waals surface area contributed by atoms with Crippen LogP contribution < -0.4 is 10.6 Å². The zero-order valence-corrected chi connectivity index (χ0v) is 15.4. The molecule has 0 aliphatic carbocycles. The number of amides is 2. The van der Waals surface area contributed by atoms with Gasteiger partial charge in [0.2, 0.25) is 5.91 Å². The molecule has 0 unspecified atom stereocenters. The van der Waals surface area contributed by atoms with E-state index in [1.165, 1.54) is 17.4 Å². The van der Waals surface area contributed by atoms with Crippen LogP contribution in [0.25, 0.3) is 0 Å². The van der Waals surface area contributed by atoms with Gasteiger partial charge in [0.25, 0.3) is 5.91 Å². The molecule has 1 aromatic heterocycles. The Morgan fingerprint density at radius 2 is 1.85 bits per heavy atom. The monoisotopic (exact) mass is 380 g/mol. The number of benzene rings is 2. The first-order chi connectivity index (χ1) is 13.0. The van der Waals surface area contributed by atoms with E-state index in [0.717, 1.165) is 11.1 Å². The van der Waals surface area contributed by atoms with Crippen LogP contribution in [0.4, 0.5) is 15.1 Å². The second-order valence-electron chi connectivity index (χ2n) is 6.45. The summed E-state index contributed by atoms with van der Waals surface area (Å²) in [6.45, 7) is 1.85. The maximum absolute atomic E-state index is 14.4. The number of fused-ring (bicyclic) bond motifs is 1. The number of carbonyl (C=O) groups excluding carboxylic acids is 2. The van der Waals surface area contributed by atoms with Crippen LogP contribution in [-0.2, 0) is 4.79 Å². The largest absolute Gasteiger partial charge is 0.321 e. The maximum atomic E-state index is 14.4. The van der Waals surface area contributed by atoms with Gasteiger partial charge in [-0.3, -0.25) is 9.59 Å². The number of anilines is 2. The van der Waals surface area contributed by atoms with Crippen LogP contribution in [0, 0.1) is 12.7 Å². The van der Waals surface area contributed by atoms with Gasteiger partial charge in [-0.1, -0.05) is 36.4 Å². The summed E-state index contributed by atoms with van der Waals surface area (Å²) < 4.78 is 14.4. The van der Waals surface area contributed by atoms with E-state index in [9.17, 15) is 14.0 Å². The molecule has 0 fully saturated rings. The Labute approximate surface area is 160 Å². The number of para-hydroxylation sites is 1. The summed E-state index contributed by atoms with van der Waals surface area (Å²) in [7, 11) is 0. The van der Waals surface area contributed by atoms with Crippen molar-refractivity contribution in [3.05, 3.63) is 82.0 Å². The Kier molecular flexibility index (Phi) is 4.49. The summed E-state index contributed by atoms with van der Waals surface area (Å²) in [5, 5.41) is 6.33. The van der Waals surface area contributed by atoms with Gasteiger partial charge < -0.3 is 10.6 Å². The van der Waals surface area contributed by atoms with E-state index >= 15 is 0 Å². The molecule has 4 nitrogen and oxygen atoms in total. The molecule has 0 bridgehead atoms. The highest BCUT2D eigenvalue weighted by Gasteiger charge is 2.34. The number of rotatable bonds is 3. The van der Waals surface area contributed by atoms with Crippen LogP contribution in [0.15, 0.2) is 54.6 Å². The SMILES string of the molecule is Cc1c(C(=O)Nc2ccccc2)sc2c1[C@H](c1ccccc1F)CC(=O)N2. The summed E-state index contributed by atoms with van der Waals surface area (Å²) in [4.78, 5) is 25.5. The minimum absolute atomic E-state index is 0.158. The molecule has 0 saturated heterocycles. The maximum Gasteiger partial charge on any atom is 0.266 e. The van der Waals surface area contributed by atoms with E-state index in [2.05, 4.69) is 10.6 Å². The van der Waals surface area contributed by atoms with Gasteiger partial charge in [-0.2, -0.15) is 0 Å². The van der Waals surface area contributed by atoms with E-state index in [4.69, 9.17) is 0 Å². The number of hydrogen-bond donors (Lipinski definition) is 2. The van der Waals surface area contributed by atoms with Gasteiger partial charge in [0.1, 0.15) is 5.82 Å². The van der Waals surface area contributed by atoms with Gasteiger partial charge in [0.15, 0.2) is 0 Å². The lowest BCUT2D eigenvalue weighted by Gasteiger charge is -2.24. The van der Waals surface area contributed by atoms with Crippen LogP contribution in [0.2, 0.25) is 0 Å². The van der Waals surface area contributed by atoms with Gasteiger partial charge in [-0.05, 0) is 41.8 Å². The highest BCUT2D eigenvalue weighted by molar-refractivity contribution is 7.18. The summed E-state index contributed by atoms with van der Waals surface area (Å²) in [5.74, 6) is -1.15. The van der Waals surface area contributed by atoms with Gasteiger partial charge in [0.05, 0.1) is 9.88 Å². The fraction of sp³-hybridized carbons (Fsp3) is 0.143. The lowest BCUT2D eigenvalue weighted by atomic mass is 9.84. The number of carbonyl (C=O) groups is 2. The summed E-state index contributed by atoms with van der Waals surface area (Å²) in [5.41, 5.74) is 2.77. The van der Waals surface area contributed by atoms with Crippen LogP contribution in [-0.4, -0.2) is 11.8 Å². The Hall–Kier alpha value is -2.99. The third-order valence-corrected chi connectivity index (χ3v) is 5.92. The molecule has 0 radical (unpaired) electrons. The zero-order valence-electron chi connectivity index (χ0n) is 14.6. The predicted octanol–water partition coefficient (Wildman–Crippen LogP) is 4.92. The van der Waals surface area contributed by atoms with E-state index in [1.54, 1.807) is 18.2 Å². The van der Waals surface area contributed by atoms with E-state index in [0.29, 0.717) is 21.1 Å². The van der Waals surface area contributed by atoms with Crippen molar-refractivity contribution in [1.82, 2.24) is 0 Å². The van der Waals surface area contributed by atoms with Gasteiger partial charge in [-0.15, -0.1) is 11.3 Å². The first-order valence-corrected chi connectivity index (χ1v) is 9.40. The molecule has 27 heavy (non-hydrogen) atoms. The predicted molar refractivity (Wildman–Crippen MR) is 105 cm³/mol. The molecular weight excluding hydrogens is 363 g/mol. The molecule has 136 valence electrons. The normalized spacial score (nSPS) is 15.8. The van der Waals surface area contributed by atoms with Crippen molar-refractivity contribution in [1.29, 1.82) is 0 Å². The topological polar surface area (TPSA) is 58.2 Å². The molecule has 3 aromatic rings. The molecule has 1 aliphatic rings. The molecule has 2 N–H and O–H groups in total. The van der Waals surface area contributed by atoms with E-state index in [1.807, 2.05) is 37.3 Å². The van der Waals surface area contributed by atoms with Crippen molar-refractivity contribution >= 4 is 33.8 Å². The summed E-state index contributed by atoms with van der Waals surface area (Å²) in [6.07, 6.45) is 0.158.